The van der Waals surface area contributed by atoms with Gasteiger partial charge in [0.2, 0.25) is 5.91 Å². The Morgan fingerprint density at radius 3 is 2.76 bits per heavy atom. The molecule has 8 heteroatoms. The number of rotatable bonds is 5. The highest BCUT2D eigenvalue weighted by molar-refractivity contribution is 5.94. The lowest BCUT2D eigenvalue weighted by molar-refractivity contribution is -0.384. The van der Waals surface area contributed by atoms with Gasteiger partial charge < -0.3 is 11.1 Å². The van der Waals surface area contributed by atoms with Crippen LogP contribution in [0.15, 0.2) is 24.4 Å². The third kappa shape index (κ3) is 2.99. The average Bonchev–Trinajstić information content (AvgIpc) is 2.76. The predicted octanol–water partition coefficient (Wildman–Crippen LogP) is 1.35. The van der Waals surface area contributed by atoms with Crippen molar-refractivity contribution in [3.63, 3.8) is 0 Å². The molecule has 1 aromatic carbocycles. The van der Waals surface area contributed by atoms with E-state index in [1.807, 2.05) is 14.0 Å². The SMILES string of the molecule is Cc1c(CNc2ccc(C(N)=O)cc2[N+](=O)[O-])cnn1C. The smallest absolute Gasteiger partial charge is 0.293 e. The van der Waals surface area contributed by atoms with Crippen LogP contribution >= 0.6 is 0 Å². The lowest BCUT2D eigenvalue weighted by Gasteiger charge is -2.08. The van der Waals surface area contributed by atoms with Crippen LogP contribution in [0.1, 0.15) is 21.6 Å². The summed E-state index contributed by atoms with van der Waals surface area (Å²) in [6.45, 7) is 2.31. The molecule has 0 atom stereocenters. The van der Waals surface area contributed by atoms with Crippen molar-refractivity contribution >= 4 is 17.3 Å². The van der Waals surface area contributed by atoms with Gasteiger partial charge in [-0.1, -0.05) is 0 Å². The molecule has 0 aliphatic rings. The molecule has 0 aliphatic carbocycles. The van der Waals surface area contributed by atoms with Crippen LogP contribution < -0.4 is 11.1 Å². The van der Waals surface area contributed by atoms with Gasteiger partial charge in [0.1, 0.15) is 5.69 Å². The second-order valence-corrected chi connectivity index (χ2v) is 4.59. The van der Waals surface area contributed by atoms with Crippen molar-refractivity contribution in [3.8, 4) is 0 Å². The fourth-order valence-electron chi connectivity index (χ4n) is 1.89. The first-order chi connectivity index (χ1) is 9.90. The van der Waals surface area contributed by atoms with E-state index in [0.717, 1.165) is 11.3 Å². The Labute approximate surface area is 120 Å². The molecule has 1 heterocycles. The van der Waals surface area contributed by atoms with E-state index in [9.17, 15) is 14.9 Å². The summed E-state index contributed by atoms with van der Waals surface area (Å²) in [5, 5.41) is 18.2. The van der Waals surface area contributed by atoms with Crippen LogP contribution in [0.5, 0.6) is 0 Å². The third-order valence-corrected chi connectivity index (χ3v) is 3.29. The Balaban J connectivity index is 2.25. The lowest BCUT2D eigenvalue weighted by atomic mass is 10.1. The zero-order valence-electron chi connectivity index (χ0n) is 11.7. The highest BCUT2D eigenvalue weighted by Gasteiger charge is 2.16. The highest BCUT2D eigenvalue weighted by Crippen LogP contribution is 2.26. The van der Waals surface area contributed by atoms with Crippen molar-refractivity contribution in [2.45, 2.75) is 13.5 Å². The Morgan fingerprint density at radius 1 is 1.52 bits per heavy atom. The molecule has 0 bridgehead atoms. The molecule has 2 rings (SSSR count). The fourth-order valence-corrected chi connectivity index (χ4v) is 1.89. The predicted molar refractivity (Wildman–Crippen MR) is 76.9 cm³/mol. The maximum atomic E-state index is 11.1. The van der Waals surface area contributed by atoms with Crippen LogP contribution in [0.25, 0.3) is 0 Å². The normalized spacial score (nSPS) is 10.4. The molecule has 3 N–H and O–H groups in total. The maximum absolute atomic E-state index is 11.1. The van der Waals surface area contributed by atoms with Crippen LogP contribution in [0.2, 0.25) is 0 Å². The number of nitrogens with two attached hydrogens (primary N) is 1. The molecule has 110 valence electrons. The van der Waals surface area contributed by atoms with E-state index in [1.165, 1.54) is 18.2 Å². The Kier molecular flexibility index (Phi) is 3.88. The van der Waals surface area contributed by atoms with Gasteiger partial charge in [-0.3, -0.25) is 19.6 Å². The molecule has 0 spiro atoms. The summed E-state index contributed by atoms with van der Waals surface area (Å²) in [4.78, 5) is 21.6. The highest BCUT2D eigenvalue weighted by atomic mass is 16.6. The van der Waals surface area contributed by atoms with E-state index in [2.05, 4.69) is 10.4 Å². The zero-order chi connectivity index (χ0) is 15.6. The van der Waals surface area contributed by atoms with E-state index < -0.39 is 10.8 Å². The largest absolute Gasteiger partial charge is 0.375 e. The van der Waals surface area contributed by atoms with Gasteiger partial charge >= 0.3 is 0 Å². The van der Waals surface area contributed by atoms with E-state index in [-0.39, 0.29) is 11.3 Å². The number of hydrogen-bond acceptors (Lipinski definition) is 5. The minimum absolute atomic E-state index is 0.102. The monoisotopic (exact) mass is 289 g/mol. The number of carbonyl (C=O) groups is 1. The molecular weight excluding hydrogens is 274 g/mol. The number of nitro benzene ring substituents is 1. The summed E-state index contributed by atoms with van der Waals surface area (Å²) in [5.41, 5.74) is 7.28. The van der Waals surface area contributed by atoms with Crippen molar-refractivity contribution in [1.29, 1.82) is 0 Å². The molecule has 1 aromatic heterocycles. The van der Waals surface area contributed by atoms with E-state index in [1.54, 1.807) is 10.9 Å². The van der Waals surface area contributed by atoms with Crippen molar-refractivity contribution in [2.75, 3.05) is 5.32 Å². The van der Waals surface area contributed by atoms with Crippen molar-refractivity contribution < 1.29 is 9.72 Å². The van der Waals surface area contributed by atoms with Crippen molar-refractivity contribution in [3.05, 3.63) is 51.3 Å². The van der Waals surface area contributed by atoms with E-state index in [0.29, 0.717) is 12.2 Å². The fraction of sp³-hybridized carbons (Fsp3) is 0.231. The van der Waals surface area contributed by atoms with Crippen LogP contribution in [-0.2, 0) is 13.6 Å². The molecule has 0 radical (unpaired) electrons. The van der Waals surface area contributed by atoms with Crippen molar-refractivity contribution in [1.82, 2.24) is 9.78 Å². The van der Waals surface area contributed by atoms with Crippen LogP contribution in [0, 0.1) is 17.0 Å². The first-order valence-electron chi connectivity index (χ1n) is 6.19. The summed E-state index contributed by atoms with van der Waals surface area (Å²) in [6, 6.07) is 4.10. The number of nitrogens with zero attached hydrogens (tertiary/aromatic N) is 3. The molecule has 0 saturated heterocycles. The quantitative estimate of drug-likeness (QED) is 0.636. The topological polar surface area (TPSA) is 116 Å². The number of anilines is 1. The number of hydrogen-bond donors (Lipinski definition) is 2. The molecule has 0 fully saturated rings. The van der Waals surface area contributed by atoms with Gasteiger partial charge in [0.25, 0.3) is 5.69 Å². The number of nitrogens with one attached hydrogen (secondary N) is 1. The summed E-state index contributed by atoms with van der Waals surface area (Å²) in [6.07, 6.45) is 1.70. The molecule has 0 unspecified atom stereocenters. The minimum atomic E-state index is -0.701. The first kappa shape index (κ1) is 14.5. The second-order valence-electron chi connectivity index (χ2n) is 4.59. The van der Waals surface area contributed by atoms with Crippen LogP contribution in [0.3, 0.4) is 0 Å². The minimum Gasteiger partial charge on any atom is -0.375 e. The van der Waals surface area contributed by atoms with Gasteiger partial charge in [0.15, 0.2) is 0 Å². The molecule has 1 amide bonds. The number of benzene rings is 1. The lowest BCUT2D eigenvalue weighted by Crippen LogP contribution is -2.12. The standard InChI is InChI=1S/C13H15N5O3/c1-8-10(7-16-17(8)2)6-15-11-4-3-9(13(14)19)5-12(11)18(20)21/h3-5,7,15H,6H2,1-2H3,(H2,14,19). The number of carbonyl (C=O) groups excluding carboxylic acids is 1. The zero-order valence-corrected chi connectivity index (χ0v) is 11.7. The molecule has 0 aliphatic heterocycles. The summed E-state index contributed by atoms with van der Waals surface area (Å²) in [5.74, 6) is -0.701. The second kappa shape index (κ2) is 5.61. The van der Waals surface area contributed by atoms with E-state index in [4.69, 9.17) is 5.73 Å². The average molecular weight is 289 g/mol. The Bertz CT molecular complexity index is 708. The molecule has 0 saturated carbocycles. The summed E-state index contributed by atoms with van der Waals surface area (Å²) >= 11 is 0. The molecular formula is C13H15N5O3. The van der Waals surface area contributed by atoms with Crippen molar-refractivity contribution in [2.24, 2.45) is 12.8 Å². The Hall–Kier alpha value is -2.90. The van der Waals surface area contributed by atoms with Gasteiger partial charge in [0.05, 0.1) is 11.1 Å². The maximum Gasteiger partial charge on any atom is 0.293 e. The first-order valence-corrected chi connectivity index (χ1v) is 6.19. The van der Waals surface area contributed by atoms with Crippen LogP contribution in [-0.4, -0.2) is 20.6 Å². The number of amides is 1. The number of aryl methyl sites for hydroxylation is 1. The van der Waals surface area contributed by atoms with Gasteiger partial charge in [-0.25, -0.2) is 0 Å². The third-order valence-electron chi connectivity index (χ3n) is 3.29. The molecule has 8 nitrogen and oxygen atoms in total. The van der Waals surface area contributed by atoms with Gasteiger partial charge in [-0.05, 0) is 19.1 Å². The van der Waals surface area contributed by atoms with Crippen LogP contribution in [0.4, 0.5) is 11.4 Å². The summed E-state index contributed by atoms with van der Waals surface area (Å²) < 4.78 is 1.72. The van der Waals surface area contributed by atoms with Gasteiger partial charge in [-0.2, -0.15) is 5.10 Å². The number of nitro groups is 1. The summed E-state index contributed by atoms with van der Waals surface area (Å²) in [7, 11) is 1.82. The van der Waals surface area contributed by atoms with Gasteiger partial charge in [-0.15, -0.1) is 0 Å². The molecule has 2 aromatic rings. The Morgan fingerprint density at radius 2 is 2.24 bits per heavy atom. The number of aromatic nitrogens is 2. The van der Waals surface area contributed by atoms with E-state index >= 15 is 0 Å². The molecule has 21 heavy (non-hydrogen) atoms. The van der Waals surface area contributed by atoms with Gasteiger partial charge in [0, 0.05) is 36.5 Å². The number of primary amides is 1.